The van der Waals surface area contributed by atoms with Gasteiger partial charge < -0.3 is 10.3 Å². The van der Waals surface area contributed by atoms with E-state index in [1.807, 2.05) is 6.92 Å². The van der Waals surface area contributed by atoms with Gasteiger partial charge in [0, 0.05) is 4.90 Å². The van der Waals surface area contributed by atoms with Gasteiger partial charge in [-0.15, -0.1) is 11.8 Å². The lowest BCUT2D eigenvalue weighted by Crippen LogP contribution is -2.18. The molecule has 0 saturated carbocycles. The molecule has 1 aromatic carbocycles. The molecule has 0 amide bonds. The van der Waals surface area contributed by atoms with E-state index < -0.39 is 0 Å². The maximum absolute atomic E-state index is 13.5. The van der Waals surface area contributed by atoms with Crippen molar-refractivity contribution in [3.8, 4) is 0 Å². The number of benzene rings is 1. The third kappa shape index (κ3) is 3.58. The SMILES string of the molecule is CCC(C)C(N)c1nc(CSc2ccccc2F)no1. The van der Waals surface area contributed by atoms with Crippen molar-refractivity contribution in [2.24, 2.45) is 11.7 Å². The third-order valence-electron chi connectivity index (χ3n) is 3.22. The maximum atomic E-state index is 13.5. The summed E-state index contributed by atoms with van der Waals surface area (Å²) in [7, 11) is 0. The number of thioether (sulfide) groups is 1. The molecule has 6 heteroatoms. The molecule has 2 atom stereocenters. The van der Waals surface area contributed by atoms with Crippen molar-refractivity contribution in [1.82, 2.24) is 10.1 Å². The smallest absolute Gasteiger partial charge is 0.243 e. The Labute approximate surface area is 121 Å². The van der Waals surface area contributed by atoms with Crippen LogP contribution in [0.25, 0.3) is 0 Å². The van der Waals surface area contributed by atoms with E-state index in [1.54, 1.807) is 18.2 Å². The molecule has 0 bridgehead atoms. The minimum absolute atomic E-state index is 0.238. The van der Waals surface area contributed by atoms with Crippen LogP contribution in [0.4, 0.5) is 4.39 Å². The number of hydrogen-bond acceptors (Lipinski definition) is 5. The first kappa shape index (κ1) is 15.0. The van der Waals surface area contributed by atoms with Crippen LogP contribution < -0.4 is 5.73 Å². The van der Waals surface area contributed by atoms with Crippen molar-refractivity contribution < 1.29 is 8.91 Å². The average Bonchev–Trinajstić information content (AvgIpc) is 2.93. The fourth-order valence-corrected chi connectivity index (χ4v) is 2.45. The number of halogens is 1. The van der Waals surface area contributed by atoms with Crippen molar-refractivity contribution in [2.75, 3.05) is 0 Å². The molecule has 1 heterocycles. The Hall–Kier alpha value is -1.40. The van der Waals surface area contributed by atoms with Crippen LogP contribution in [0.5, 0.6) is 0 Å². The van der Waals surface area contributed by atoms with Gasteiger partial charge in [-0.1, -0.05) is 37.6 Å². The summed E-state index contributed by atoms with van der Waals surface area (Å²) in [5, 5.41) is 3.89. The van der Waals surface area contributed by atoms with Crippen LogP contribution in [0.15, 0.2) is 33.7 Å². The molecule has 2 rings (SSSR count). The molecule has 108 valence electrons. The van der Waals surface area contributed by atoms with Gasteiger partial charge in [0.15, 0.2) is 5.82 Å². The van der Waals surface area contributed by atoms with Gasteiger partial charge in [0.05, 0.1) is 11.8 Å². The lowest BCUT2D eigenvalue weighted by atomic mass is 10.0. The van der Waals surface area contributed by atoms with E-state index in [0.29, 0.717) is 22.4 Å². The Morgan fingerprint density at radius 3 is 2.85 bits per heavy atom. The Kier molecular flexibility index (Phi) is 5.14. The zero-order chi connectivity index (χ0) is 14.5. The third-order valence-corrected chi connectivity index (χ3v) is 4.26. The molecule has 2 N–H and O–H groups in total. The fourth-order valence-electron chi connectivity index (χ4n) is 1.66. The van der Waals surface area contributed by atoms with E-state index in [4.69, 9.17) is 10.3 Å². The van der Waals surface area contributed by atoms with E-state index in [-0.39, 0.29) is 17.8 Å². The quantitative estimate of drug-likeness (QED) is 0.826. The second-order valence-electron chi connectivity index (χ2n) is 4.68. The number of nitrogens with zero attached hydrogens (tertiary/aromatic N) is 2. The van der Waals surface area contributed by atoms with Crippen molar-refractivity contribution in [1.29, 1.82) is 0 Å². The average molecular weight is 295 g/mol. The van der Waals surface area contributed by atoms with Crippen molar-refractivity contribution in [3.63, 3.8) is 0 Å². The fraction of sp³-hybridized carbons (Fsp3) is 0.429. The van der Waals surface area contributed by atoms with Gasteiger partial charge in [-0.3, -0.25) is 0 Å². The van der Waals surface area contributed by atoms with Crippen LogP contribution >= 0.6 is 11.8 Å². The van der Waals surface area contributed by atoms with Gasteiger partial charge in [-0.05, 0) is 18.1 Å². The first-order valence-electron chi connectivity index (χ1n) is 6.57. The summed E-state index contributed by atoms with van der Waals surface area (Å²) in [6.45, 7) is 4.11. The molecule has 20 heavy (non-hydrogen) atoms. The van der Waals surface area contributed by atoms with Gasteiger partial charge in [0.25, 0.3) is 0 Å². The first-order chi connectivity index (χ1) is 9.61. The maximum Gasteiger partial charge on any atom is 0.243 e. The van der Waals surface area contributed by atoms with Crippen LogP contribution in [-0.2, 0) is 5.75 Å². The molecule has 2 unspecified atom stereocenters. The normalized spacial score (nSPS) is 14.2. The van der Waals surface area contributed by atoms with Gasteiger partial charge in [-0.2, -0.15) is 4.98 Å². The highest BCUT2D eigenvalue weighted by molar-refractivity contribution is 7.98. The van der Waals surface area contributed by atoms with E-state index in [9.17, 15) is 4.39 Å². The summed E-state index contributed by atoms with van der Waals surface area (Å²) in [6.07, 6.45) is 0.947. The topological polar surface area (TPSA) is 64.9 Å². The molecule has 0 spiro atoms. The molecule has 0 aliphatic carbocycles. The van der Waals surface area contributed by atoms with Gasteiger partial charge in [0.2, 0.25) is 5.89 Å². The van der Waals surface area contributed by atoms with Gasteiger partial charge in [0.1, 0.15) is 5.82 Å². The Bertz CT molecular complexity index is 561. The Balaban J connectivity index is 1.98. The molecule has 0 saturated heterocycles. The Morgan fingerprint density at radius 1 is 1.40 bits per heavy atom. The predicted octanol–water partition coefficient (Wildman–Crippen LogP) is 3.55. The van der Waals surface area contributed by atoms with Crippen LogP contribution in [0.2, 0.25) is 0 Å². The number of rotatable bonds is 6. The zero-order valence-corrected chi connectivity index (χ0v) is 12.4. The zero-order valence-electron chi connectivity index (χ0n) is 11.5. The van der Waals surface area contributed by atoms with E-state index in [0.717, 1.165) is 6.42 Å². The summed E-state index contributed by atoms with van der Waals surface area (Å²) < 4.78 is 18.6. The van der Waals surface area contributed by atoms with Gasteiger partial charge >= 0.3 is 0 Å². The second kappa shape index (κ2) is 6.85. The molecule has 0 radical (unpaired) electrons. The summed E-state index contributed by atoms with van der Waals surface area (Å²) in [6, 6.07) is 6.37. The molecule has 2 aromatic rings. The number of aromatic nitrogens is 2. The monoisotopic (exact) mass is 295 g/mol. The van der Waals surface area contributed by atoms with Crippen LogP contribution in [0.1, 0.15) is 38.0 Å². The summed E-state index contributed by atoms with van der Waals surface area (Å²) in [5.41, 5.74) is 6.03. The standard InChI is InChI=1S/C14H18FN3OS/c1-3-9(2)13(16)14-17-12(18-19-14)8-20-11-7-5-4-6-10(11)15/h4-7,9,13H,3,8,16H2,1-2H3. The summed E-state index contributed by atoms with van der Waals surface area (Å²) in [4.78, 5) is 4.85. The molecule has 4 nitrogen and oxygen atoms in total. The molecule has 1 aromatic heterocycles. The largest absolute Gasteiger partial charge is 0.338 e. The molecule has 0 aliphatic rings. The number of hydrogen-bond donors (Lipinski definition) is 1. The highest BCUT2D eigenvalue weighted by Crippen LogP contribution is 2.25. The lowest BCUT2D eigenvalue weighted by molar-refractivity contribution is 0.311. The highest BCUT2D eigenvalue weighted by Gasteiger charge is 2.20. The first-order valence-corrected chi connectivity index (χ1v) is 7.55. The van der Waals surface area contributed by atoms with Crippen LogP contribution in [0.3, 0.4) is 0 Å². The second-order valence-corrected chi connectivity index (χ2v) is 5.70. The lowest BCUT2D eigenvalue weighted by Gasteiger charge is -2.12. The van der Waals surface area contributed by atoms with Crippen LogP contribution in [-0.4, -0.2) is 10.1 Å². The van der Waals surface area contributed by atoms with Gasteiger partial charge in [-0.25, -0.2) is 4.39 Å². The molecule has 0 fully saturated rings. The minimum atomic E-state index is -0.250. The predicted molar refractivity (Wildman–Crippen MR) is 76.6 cm³/mol. The summed E-state index contributed by atoms with van der Waals surface area (Å²) >= 11 is 1.34. The van der Waals surface area contributed by atoms with Crippen molar-refractivity contribution in [3.05, 3.63) is 41.8 Å². The minimum Gasteiger partial charge on any atom is -0.338 e. The highest BCUT2D eigenvalue weighted by atomic mass is 32.2. The summed E-state index contributed by atoms with van der Waals surface area (Å²) in [5.74, 6) is 1.48. The number of nitrogens with two attached hydrogens (primary N) is 1. The van der Waals surface area contributed by atoms with E-state index >= 15 is 0 Å². The molecular weight excluding hydrogens is 277 g/mol. The van der Waals surface area contributed by atoms with E-state index in [1.165, 1.54) is 17.8 Å². The van der Waals surface area contributed by atoms with Crippen LogP contribution in [0, 0.1) is 11.7 Å². The molecular formula is C14H18FN3OS. The Morgan fingerprint density at radius 2 is 2.15 bits per heavy atom. The van der Waals surface area contributed by atoms with Crippen molar-refractivity contribution >= 4 is 11.8 Å². The van der Waals surface area contributed by atoms with Crippen molar-refractivity contribution in [2.45, 2.75) is 37.0 Å². The van der Waals surface area contributed by atoms with E-state index in [2.05, 4.69) is 17.1 Å². The molecule has 0 aliphatic heterocycles.